The molecule has 2 aliphatic rings. The van der Waals surface area contributed by atoms with Crippen molar-refractivity contribution in [3.8, 4) is 0 Å². The molecule has 27 heavy (non-hydrogen) atoms. The number of halogens is 2. The molecule has 1 atom stereocenters. The number of rotatable bonds is 1. The topological polar surface area (TPSA) is 67.6 Å². The van der Waals surface area contributed by atoms with Gasteiger partial charge in [-0.1, -0.05) is 0 Å². The Morgan fingerprint density at radius 3 is 2.56 bits per heavy atom. The number of amides is 1. The standard InChI is InChI=1S/C19H29F2N3O3/c1-17(2,3)27-16(25)23-9-7-14-13(11-23)15-19(20,21)8-6-12(18(4,5)26)10-24(15)22-14/h12,26H,6-11H2,1-5H3/t12-/m0/s1. The number of nitrogens with zero attached hydrogens (tertiary/aromatic N) is 3. The van der Waals surface area contributed by atoms with Crippen LogP contribution < -0.4 is 0 Å². The van der Waals surface area contributed by atoms with Crippen LogP contribution in [0, 0.1) is 5.92 Å². The van der Waals surface area contributed by atoms with E-state index in [0.29, 0.717) is 24.2 Å². The van der Waals surface area contributed by atoms with Gasteiger partial charge in [-0.2, -0.15) is 13.9 Å². The minimum Gasteiger partial charge on any atom is -0.444 e. The lowest BCUT2D eigenvalue weighted by Gasteiger charge is -2.30. The third kappa shape index (κ3) is 4.10. The summed E-state index contributed by atoms with van der Waals surface area (Å²) in [7, 11) is 0. The van der Waals surface area contributed by atoms with Gasteiger partial charge in [-0.15, -0.1) is 0 Å². The van der Waals surface area contributed by atoms with Gasteiger partial charge in [-0.3, -0.25) is 4.68 Å². The van der Waals surface area contributed by atoms with E-state index in [1.165, 1.54) is 9.58 Å². The first kappa shape index (κ1) is 20.0. The predicted octanol–water partition coefficient (Wildman–Crippen LogP) is 3.45. The summed E-state index contributed by atoms with van der Waals surface area (Å²) in [5.74, 6) is -3.36. The molecule has 0 aliphatic carbocycles. The van der Waals surface area contributed by atoms with Crippen molar-refractivity contribution >= 4 is 6.09 Å². The van der Waals surface area contributed by atoms with Crippen molar-refractivity contribution in [2.45, 2.75) is 84.1 Å². The Bertz CT molecular complexity index is 732. The molecule has 0 aromatic carbocycles. The molecule has 3 heterocycles. The molecule has 1 amide bonds. The third-order valence-corrected chi connectivity index (χ3v) is 5.30. The van der Waals surface area contributed by atoms with E-state index in [0.717, 1.165) is 0 Å². The zero-order chi connectivity index (χ0) is 20.2. The SMILES string of the molecule is CC(C)(C)OC(=O)N1CCc2nn3c(c2C1)C(F)(F)CC[C@H](C(C)(C)O)C3. The average Bonchev–Trinajstić information content (AvgIpc) is 2.79. The monoisotopic (exact) mass is 385 g/mol. The summed E-state index contributed by atoms with van der Waals surface area (Å²) in [5.41, 5.74) is -0.781. The molecule has 0 bridgehead atoms. The number of hydrogen-bond donors (Lipinski definition) is 1. The Kier molecular flexibility index (Phi) is 4.77. The molecular formula is C19H29F2N3O3. The van der Waals surface area contributed by atoms with Gasteiger partial charge in [0.25, 0.3) is 5.92 Å². The second-order valence-corrected chi connectivity index (χ2v) is 9.20. The first-order valence-corrected chi connectivity index (χ1v) is 9.45. The van der Waals surface area contributed by atoms with Crippen LogP contribution in [-0.2, 0) is 30.2 Å². The van der Waals surface area contributed by atoms with Crippen LogP contribution in [0.3, 0.4) is 0 Å². The van der Waals surface area contributed by atoms with Gasteiger partial charge in [-0.25, -0.2) is 4.79 Å². The van der Waals surface area contributed by atoms with E-state index in [1.807, 2.05) is 0 Å². The predicted molar refractivity (Wildman–Crippen MR) is 95.5 cm³/mol. The van der Waals surface area contributed by atoms with E-state index >= 15 is 0 Å². The highest BCUT2D eigenvalue weighted by molar-refractivity contribution is 5.68. The van der Waals surface area contributed by atoms with Crippen LogP contribution >= 0.6 is 0 Å². The fourth-order valence-corrected chi connectivity index (χ4v) is 3.80. The Labute approximate surface area is 158 Å². The smallest absolute Gasteiger partial charge is 0.410 e. The summed E-state index contributed by atoms with van der Waals surface area (Å²) in [6, 6.07) is 0. The Hall–Kier alpha value is -1.70. The van der Waals surface area contributed by atoms with Crippen LogP contribution in [0.5, 0.6) is 0 Å². The number of aromatic nitrogens is 2. The first-order chi connectivity index (χ1) is 12.3. The van der Waals surface area contributed by atoms with E-state index in [4.69, 9.17) is 4.74 Å². The molecule has 152 valence electrons. The Morgan fingerprint density at radius 2 is 1.96 bits per heavy atom. The minimum atomic E-state index is -3.04. The molecule has 0 fully saturated rings. The van der Waals surface area contributed by atoms with Crippen molar-refractivity contribution in [1.82, 2.24) is 14.7 Å². The molecule has 0 spiro atoms. The van der Waals surface area contributed by atoms with E-state index < -0.39 is 23.2 Å². The molecule has 2 aliphatic heterocycles. The lowest BCUT2D eigenvalue weighted by molar-refractivity contribution is -0.0339. The molecule has 6 nitrogen and oxygen atoms in total. The first-order valence-electron chi connectivity index (χ1n) is 9.45. The number of aliphatic hydroxyl groups is 1. The van der Waals surface area contributed by atoms with Crippen LogP contribution in [0.4, 0.5) is 13.6 Å². The van der Waals surface area contributed by atoms with Crippen LogP contribution in [0.15, 0.2) is 0 Å². The maximum absolute atomic E-state index is 15.0. The fraction of sp³-hybridized carbons (Fsp3) is 0.789. The van der Waals surface area contributed by atoms with E-state index in [9.17, 15) is 18.7 Å². The summed E-state index contributed by atoms with van der Waals surface area (Å²) in [6.45, 7) is 9.32. The van der Waals surface area contributed by atoms with Crippen molar-refractivity contribution in [3.05, 3.63) is 17.0 Å². The quantitative estimate of drug-likeness (QED) is 0.804. The fourth-order valence-electron chi connectivity index (χ4n) is 3.80. The van der Waals surface area contributed by atoms with E-state index in [2.05, 4.69) is 5.10 Å². The van der Waals surface area contributed by atoms with Gasteiger partial charge in [0.1, 0.15) is 11.3 Å². The molecule has 1 N–H and O–H groups in total. The van der Waals surface area contributed by atoms with Crippen molar-refractivity contribution in [2.24, 2.45) is 5.92 Å². The van der Waals surface area contributed by atoms with Gasteiger partial charge < -0.3 is 14.7 Å². The van der Waals surface area contributed by atoms with Gasteiger partial charge in [0.15, 0.2) is 0 Å². The third-order valence-electron chi connectivity index (χ3n) is 5.30. The zero-order valence-electron chi connectivity index (χ0n) is 16.7. The van der Waals surface area contributed by atoms with Crippen LogP contribution in [0.1, 0.15) is 64.4 Å². The molecule has 3 rings (SSSR count). The highest BCUT2D eigenvalue weighted by atomic mass is 19.3. The maximum Gasteiger partial charge on any atom is 0.410 e. The summed E-state index contributed by atoms with van der Waals surface area (Å²) in [5, 5.41) is 14.8. The van der Waals surface area contributed by atoms with Crippen molar-refractivity contribution in [2.75, 3.05) is 6.54 Å². The van der Waals surface area contributed by atoms with Gasteiger partial charge in [-0.05, 0) is 41.0 Å². The van der Waals surface area contributed by atoms with Crippen LogP contribution in [0.25, 0.3) is 0 Å². The van der Waals surface area contributed by atoms with E-state index in [1.54, 1.807) is 34.6 Å². The highest BCUT2D eigenvalue weighted by Crippen LogP contribution is 2.43. The largest absolute Gasteiger partial charge is 0.444 e. The van der Waals surface area contributed by atoms with Crippen LogP contribution in [-0.4, -0.2) is 43.6 Å². The molecule has 0 unspecified atom stereocenters. The second kappa shape index (κ2) is 6.43. The van der Waals surface area contributed by atoms with Gasteiger partial charge in [0.05, 0.1) is 17.8 Å². The van der Waals surface area contributed by atoms with Crippen LogP contribution in [0.2, 0.25) is 0 Å². The van der Waals surface area contributed by atoms with E-state index in [-0.39, 0.29) is 37.5 Å². The summed E-state index contributed by atoms with van der Waals surface area (Å²) in [4.78, 5) is 13.8. The number of ether oxygens (including phenoxy) is 1. The normalized spacial score (nSPS) is 22.7. The maximum atomic E-state index is 15.0. The zero-order valence-corrected chi connectivity index (χ0v) is 16.7. The number of hydrogen-bond acceptors (Lipinski definition) is 4. The minimum absolute atomic E-state index is 0.0718. The highest BCUT2D eigenvalue weighted by Gasteiger charge is 2.46. The summed E-state index contributed by atoms with van der Waals surface area (Å²) < 4.78 is 36.7. The molecule has 0 saturated heterocycles. The number of fused-ring (bicyclic) bond motifs is 3. The van der Waals surface area contributed by atoms with Gasteiger partial charge in [0, 0.05) is 37.4 Å². The molecule has 8 heteroatoms. The second-order valence-electron chi connectivity index (χ2n) is 9.20. The number of alkyl halides is 2. The lowest BCUT2D eigenvalue weighted by Crippen LogP contribution is -2.40. The van der Waals surface area contributed by atoms with Gasteiger partial charge in [0.2, 0.25) is 0 Å². The molecule has 0 radical (unpaired) electrons. The van der Waals surface area contributed by atoms with Gasteiger partial charge >= 0.3 is 6.09 Å². The molecule has 1 aromatic rings. The molecule has 1 aromatic heterocycles. The molecule has 0 saturated carbocycles. The summed E-state index contributed by atoms with van der Waals surface area (Å²) >= 11 is 0. The Balaban J connectivity index is 1.92. The Morgan fingerprint density at radius 1 is 1.30 bits per heavy atom. The number of carbonyl (C=O) groups is 1. The van der Waals surface area contributed by atoms with Crippen molar-refractivity contribution in [1.29, 1.82) is 0 Å². The van der Waals surface area contributed by atoms with Crippen molar-refractivity contribution < 1.29 is 23.4 Å². The average molecular weight is 385 g/mol. The summed E-state index contributed by atoms with van der Waals surface area (Å²) in [6.07, 6.45) is -0.214. The molecular weight excluding hydrogens is 356 g/mol. The van der Waals surface area contributed by atoms with Crippen molar-refractivity contribution in [3.63, 3.8) is 0 Å². The lowest BCUT2D eigenvalue weighted by atomic mass is 9.86. The number of carbonyl (C=O) groups excluding carboxylic acids is 1.